The van der Waals surface area contributed by atoms with Crippen LogP contribution in [0.15, 0.2) is 30.0 Å². The predicted molar refractivity (Wildman–Crippen MR) is 116 cm³/mol. The Labute approximate surface area is 182 Å². The van der Waals surface area contributed by atoms with Crippen LogP contribution in [0.5, 0.6) is 0 Å². The minimum absolute atomic E-state index is 0.214. The number of nitrogens with one attached hydrogen (secondary N) is 3. The SMILES string of the molecule is Cc1cc(Nc2cc(NC3CC3)n3ncc(/C=C4\CC(O)NC4=O)c3n2)c(Cl)cc1F. The molecule has 10 heteroatoms. The third kappa shape index (κ3) is 3.94. The highest BCUT2D eigenvalue weighted by Crippen LogP contribution is 2.31. The lowest BCUT2D eigenvalue weighted by Gasteiger charge is -2.13. The summed E-state index contributed by atoms with van der Waals surface area (Å²) in [6, 6.07) is 5.08. The van der Waals surface area contributed by atoms with Gasteiger partial charge < -0.3 is 21.1 Å². The van der Waals surface area contributed by atoms with Crippen LogP contribution < -0.4 is 16.0 Å². The Morgan fingerprint density at radius 1 is 1.35 bits per heavy atom. The number of aliphatic hydroxyl groups excluding tert-OH is 1. The molecule has 31 heavy (non-hydrogen) atoms. The normalized spacial score (nSPS) is 19.8. The Kier molecular flexibility index (Phi) is 4.79. The number of anilines is 3. The van der Waals surface area contributed by atoms with Gasteiger partial charge in [0.1, 0.15) is 23.7 Å². The summed E-state index contributed by atoms with van der Waals surface area (Å²) in [5, 5.41) is 23.4. The Morgan fingerprint density at radius 3 is 2.87 bits per heavy atom. The van der Waals surface area contributed by atoms with Crippen LogP contribution in [-0.2, 0) is 4.79 Å². The molecule has 1 aromatic carbocycles. The second-order valence-electron chi connectivity index (χ2n) is 7.85. The van der Waals surface area contributed by atoms with Crippen molar-refractivity contribution in [3.63, 3.8) is 0 Å². The quantitative estimate of drug-likeness (QED) is 0.452. The van der Waals surface area contributed by atoms with E-state index >= 15 is 0 Å². The number of hydrogen-bond donors (Lipinski definition) is 4. The average Bonchev–Trinajstić information content (AvgIpc) is 3.35. The van der Waals surface area contributed by atoms with Gasteiger partial charge in [0.25, 0.3) is 0 Å². The molecule has 1 aliphatic heterocycles. The molecule has 2 aliphatic rings. The van der Waals surface area contributed by atoms with E-state index in [1.54, 1.807) is 29.8 Å². The summed E-state index contributed by atoms with van der Waals surface area (Å²) in [5.74, 6) is 0.549. The summed E-state index contributed by atoms with van der Waals surface area (Å²) in [6.07, 6.45) is 4.79. The number of fused-ring (bicyclic) bond motifs is 1. The molecule has 5 rings (SSSR count). The maximum absolute atomic E-state index is 13.8. The predicted octanol–water partition coefficient (Wildman–Crippen LogP) is 3.37. The molecule has 4 N–H and O–H groups in total. The van der Waals surface area contributed by atoms with Crippen LogP contribution >= 0.6 is 11.6 Å². The highest BCUT2D eigenvalue weighted by atomic mass is 35.5. The smallest absolute Gasteiger partial charge is 0.249 e. The molecule has 0 radical (unpaired) electrons. The minimum Gasteiger partial charge on any atom is -0.373 e. The standard InChI is InChI=1S/C21H20ClFN6O2/c1-10-4-16(14(22)7-15(10)23)26-17-8-18(25-13-2-3-13)29-20(27-17)12(9-24-29)5-11-6-19(30)28-21(11)31/h4-5,7-9,13,19,25,30H,2-3,6H2,1H3,(H,26,27)(H,28,31)/b11-5+. The Hall–Kier alpha value is -3.17. The maximum Gasteiger partial charge on any atom is 0.249 e. The van der Waals surface area contributed by atoms with Gasteiger partial charge in [-0.25, -0.2) is 9.37 Å². The number of carbonyl (C=O) groups is 1. The molecule has 1 unspecified atom stereocenters. The summed E-state index contributed by atoms with van der Waals surface area (Å²) in [5.41, 5.74) is 2.63. The summed E-state index contributed by atoms with van der Waals surface area (Å²) in [4.78, 5) is 16.7. The molecule has 1 aliphatic carbocycles. The van der Waals surface area contributed by atoms with Crippen molar-refractivity contribution in [3.05, 3.63) is 51.9 Å². The van der Waals surface area contributed by atoms with Crippen LogP contribution in [0.25, 0.3) is 11.7 Å². The van der Waals surface area contributed by atoms with Gasteiger partial charge in [-0.15, -0.1) is 0 Å². The third-order valence-corrected chi connectivity index (χ3v) is 5.58. The first-order valence-corrected chi connectivity index (χ1v) is 10.3. The second kappa shape index (κ2) is 7.51. The van der Waals surface area contributed by atoms with Gasteiger partial charge in [-0.2, -0.15) is 9.61 Å². The number of aliphatic hydroxyl groups is 1. The van der Waals surface area contributed by atoms with E-state index in [0.717, 1.165) is 18.7 Å². The Morgan fingerprint density at radius 2 is 2.16 bits per heavy atom. The number of hydrogen-bond acceptors (Lipinski definition) is 6. The van der Waals surface area contributed by atoms with Crippen molar-refractivity contribution >= 4 is 46.6 Å². The highest BCUT2D eigenvalue weighted by molar-refractivity contribution is 6.33. The van der Waals surface area contributed by atoms with E-state index in [1.807, 2.05) is 6.07 Å². The van der Waals surface area contributed by atoms with Gasteiger partial charge in [-0.05, 0) is 43.5 Å². The van der Waals surface area contributed by atoms with Crippen LogP contribution in [0.4, 0.5) is 21.7 Å². The van der Waals surface area contributed by atoms with Crippen molar-refractivity contribution in [3.8, 4) is 0 Å². The number of rotatable bonds is 5. The van der Waals surface area contributed by atoms with Crippen molar-refractivity contribution in [2.45, 2.75) is 38.5 Å². The van der Waals surface area contributed by atoms with E-state index in [1.165, 1.54) is 6.07 Å². The summed E-state index contributed by atoms with van der Waals surface area (Å²) >= 11 is 6.22. The number of benzene rings is 1. The summed E-state index contributed by atoms with van der Waals surface area (Å²) in [7, 11) is 0. The zero-order chi connectivity index (χ0) is 21.7. The van der Waals surface area contributed by atoms with Crippen molar-refractivity contribution in [1.29, 1.82) is 0 Å². The van der Waals surface area contributed by atoms with Gasteiger partial charge in [-0.1, -0.05) is 11.6 Å². The first-order chi connectivity index (χ1) is 14.9. The van der Waals surface area contributed by atoms with Crippen molar-refractivity contribution in [2.75, 3.05) is 10.6 Å². The van der Waals surface area contributed by atoms with Gasteiger partial charge in [-0.3, -0.25) is 4.79 Å². The number of carbonyl (C=O) groups excluding carboxylic acids is 1. The number of aryl methyl sites for hydroxylation is 1. The number of nitrogens with zero attached hydrogens (tertiary/aromatic N) is 3. The fraction of sp³-hybridized carbons (Fsp3) is 0.286. The van der Waals surface area contributed by atoms with E-state index in [4.69, 9.17) is 11.6 Å². The number of aromatic nitrogens is 3. The van der Waals surface area contributed by atoms with E-state index in [-0.39, 0.29) is 23.2 Å². The van der Waals surface area contributed by atoms with Crippen molar-refractivity contribution < 1.29 is 14.3 Å². The van der Waals surface area contributed by atoms with E-state index < -0.39 is 6.23 Å². The molecule has 2 fully saturated rings. The molecule has 0 bridgehead atoms. The highest BCUT2D eigenvalue weighted by Gasteiger charge is 2.26. The Bertz CT molecular complexity index is 1240. The van der Waals surface area contributed by atoms with E-state index in [2.05, 4.69) is 26.0 Å². The molecule has 0 spiro atoms. The topological polar surface area (TPSA) is 104 Å². The summed E-state index contributed by atoms with van der Waals surface area (Å²) < 4.78 is 15.5. The molecule has 8 nitrogen and oxygen atoms in total. The van der Waals surface area contributed by atoms with Crippen LogP contribution in [0, 0.1) is 12.7 Å². The fourth-order valence-electron chi connectivity index (χ4n) is 3.48. The molecule has 2 aromatic heterocycles. The van der Waals surface area contributed by atoms with Crippen molar-refractivity contribution in [2.24, 2.45) is 0 Å². The monoisotopic (exact) mass is 442 g/mol. The van der Waals surface area contributed by atoms with E-state index in [0.29, 0.717) is 39.9 Å². The maximum atomic E-state index is 13.8. The van der Waals surface area contributed by atoms with Gasteiger partial charge in [0.15, 0.2) is 5.65 Å². The van der Waals surface area contributed by atoms with Crippen molar-refractivity contribution in [1.82, 2.24) is 19.9 Å². The van der Waals surface area contributed by atoms with Gasteiger partial charge in [0.2, 0.25) is 5.91 Å². The largest absolute Gasteiger partial charge is 0.373 e. The molecule has 160 valence electrons. The number of halogens is 2. The van der Waals surface area contributed by atoms with E-state index in [9.17, 15) is 14.3 Å². The zero-order valence-corrected chi connectivity index (χ0v) is 17.4. The van der Waals surface area contributed by atoms with Crippen LogP contribution in [0.2, 0.25) is 5.02 Å². The second-order valence-corrected chi connectivity index (χ2v) is 8.26. The first kappa shape index (κ1) is 19.8. The van der Waals surface area contributed by atoms with Gasteiger partial charge in [0.05, 0.1) is 16.9 Å². The van der Waals surface area contributed by atoms with Gasteiger partial charge in [0, 0.05) is 29.7 Å². The molecule has 1 amide bonds. The van der Waals surface area contributed by atoms with Gasteiger partial charge >= 0.3 is 0 Å². The molecular formula is C21H20ClFN6O2. The first-order valence-electron chi connectivity index (χ1n) is 9.95. The Balaban J connectivity index is 1.58. The van der Waals surface area contributed by atoms with Crippen LogP contribution in [-0.4, -0.2) is 37.9 Å². The molecule has 3 heterocycles. The molecular weight excluding hydrogens is 423 g/mol. The average molecular weight is 443 g/mol. The lowest BCUT2D eigenvalue weighted by atomic mass is 10.1. The molecule has 1 saturated carbocycles. The number of amides is 1. The zero-order valence-electron chi connectivity index (χ0n) is 16.6. The van der Waals surface area contributed by atoms with Crippen LogP contribution in [0.1, 0.15) is 30.4 Å². The van der Waals surface area contributed by atoms with Crippen LogP contribution in [0.3, 0.4) is 0 Å². The lowest BCUT2D eigenvalue weighted by Crippen LogP contribution is -2.24. The fourth-order valence-corrected chi connectivity index (χ4v) is 3.68. The minimum atomic E-state index is -0.887. The molecule has 3 aromatic rings. The third-order valence-electron chi connectivity index (χ3n) is 5.27. The lowest BCUT2D eigenvalue weighted by molar-refractivity contribution is -0.117. The molecule has 1 saturated heterocycles. The molecule has 1 atom stereocenters. The summed E-state index contributed by atoms with van der Waals surface area (Å²) in [6.45, 7) is 1.66.